The lowest BCUT2D eigenvalue weighted by molar-refractivity contribution is 0.120. The lowest BCUT2D eigenvalue weighted by atomic mass is 10.1. The van der Waals surface area contributed by atoms with E-state index in [-0.39, 0.29) is 11.9 Å². The molecule has 1 aliphatic heterocycles. The Balaban J connectivity index is 1.74. The molecule has 0 spiro atoms. The van der Waals surface area contributed by atoms with Crippen LogP contribution in [0.25, 0.3) is 16.9 Å². The van der Waals surface area contributed by atoms with Crippen LogP contribution >= 0.6 is 0 Å². The molecule has 1 aromatic carbocycles. The third-order valence-corrected chi connectivity index (χ3v) is 4.40. The van der Waals surface area contributed by atoms with Crippen LogP contribution in [0.2, 0.25) is 0 Å². The highest BCUT2D eigenvalue weighted by molar-refractivity contribution is 5.77. The third-order valence-electron chi connectivity index (χ3n) is 4.40. The number of fused-ring (bicyclic) bond motifs is 1. The Labute approximate surface area is 145 Å². The van der Waals surface area contributed by atoms with Crippen LogP contribution in [0.3, 0.4) is 0 Å². The van der Waals surface area contributed by atoms with Gasteiger partial charge in [0.2, 0.25) is 0 Å². The Bertz CT molecular complexity index is 887. The van der Waals surface area contributed by atoms with E-state index in [0.717, 1.165) is 42.2 Å². The summed E-state index contributed by atoms with van der Waals surface area (Å²) < 4.78 is 12.8. The Morgan fingerprint density at radius 2 is 2.36 bits per heavy atom. The number of nitrogens with one attached hydrogen (secondary N) is 1. The van der Waals surface area contributed by atoms with Crippen molar-refractivity contribution < 1.29 is 14.6 Å². The molecule has 0 unspecified atom stereocenters. The van der Waals surface area contributed by atoms with Crippen molar-refractivity contribution >= 4 is 11.5 Å². The van der Waals surface area contributed by atoms with Crippen LogP contribution in [0, 0.1) is 0 Å². The minimum Gasteiger partial charge on any atom is -0.504 e. The fraction of sp³-hybridized carbons (Fsp3) is 0.333. The van der Waals surface area contributed by atoms with Crippen molar-refractivity contribution in [2.45, 2.75) is 18.9 Å². The van der Waals surface area contributed by atoms with Gasteiger partial charge in [0.1, 0.15) is 11.5 Å². The summed E-state index contributed by atoms with van der Waals surface area (Å²) in [7, 11) is 1.53. The Morgan fingerprint density at radius 3 is 3.12 bits per heavy atom. The molecule has 0 radical (unpaired) electrons. The van der Waals surface area contributed by atoms with Gasteiger partial charge >= 0.3 is 0 Å². The molecular formula is C18H20N4O3. The van der Waals surface area contributed by atoms with Crippen molar-refractivity contribution in [2.24, 2.45) is 0 Å². The Hall–Kier alpha value is -2.80. The van der Waals surface area contributed by atoms with Crippen LogP contribution in [0.1, 0.15) is 12.8 Å². The molecule has 7 nitrogen and oxygen atoms in total. The molecule has 3 aromatic rings. The number of hydrogen-bond acceptors (Lipinski definition) is 6. The zero-order chi connectivity index (χ0) is 17.2. The van der Waals surface area contributed by atoms with Gasteiger partial charge in [0, 0.05) is 31.1 Å². The van der Waals surface area contributed by atoms with E-state index in [0.29, 0.717) is 12.3 Å². The molecule has 0 bridgehead atoms. The Morgan fingerprint density at radius 1 is 1.44 bits per heavy atom. The van der Waals surface area contributed by atoms with Gasteiger partial charge in [-0.1, -0.05) is 0 Å². The van der Waals surface area contributed by atoms with Crippen molar-refractivity contribution in [3.63, 3.8) is 0 Å². The third kappa shape index (κ3) is 2.98. The normalized spacial score (nSPS) is 17.1. The van der Waals surface area contributed by atoms with Gasteiger partial charge in [0.15, 0.2) is 17.1 Å². The summed E-state index contributed by atoms with van der Waals surface area (Å²) >= 11 is 0. The van der Waals surface area contributed by atoms with E-state index in [1.54, 1.807) is 24.5 Å². The SMILES string of the molecule is COc1ccc(-c2nc3cnccn3c2NC[C@H]2CCCO2)cc1O. The molecule has 0 amide bonds. The molecule has 0 saturated carbocycles. The molecule has 4 rings (SSSR count). The molecule has 2 aromatic heterocycles. The number of hydrogen-bond donors (Lipinski definition) is 2. The topological polar surface area (TPSA) is 80.9 Å². The highest BCUT2D eigenvalue weighted by atomic mass is 16.5. The largest absolute Gasteiger partial charge is 0.504 e. The smallest absolute Gasteiger partial charge is 0.160 e. The van der Waals surface area contributed by atoms with Gasteiger partial charge in [0.05, 0.1) is 19.4 Å². The fourth-order valence-corrected chi connectivity index (χ4v) is 3.13. The second kappa shape index (κ2) is 6.60. The standard InChI is InChI=1S/C18H20N4O3/c1-24-15-5-4-12(9-14(15)23)17-18(20-10-13-3-2-8-25-13)22-7-6-19-11-16(22)21-17/h4-7,9,11,13,20,23H,2-3,8,10H2,1H3/t13-/m1/s1. The van der Waals surface area contributed by atoms with Gasteiger partial charge in [0.25, 0.3) is 0 Å². The zero-order valence-electron chi connectivity index (χ0n) is 14.0. The minimum atomic E-state index is 0.0836. The first-order chi connectivity index (χ1) is 12.3. The van der Waals surface area contributed by atoms with Crippen LogP contribution in [0.5, 0.6) is 11.5 Å². The van der Waals surface area contributed by atoms with Crippen LogP contribution < -0.4 is 10.1 Å². The number of methoxy groups -OCH3 is 1. The first-order valence-electron chi connectivity index (χ1n) is 8.31. The first-order valence-corrected chi connectivity index (χ1v) is 8.31. The lowest BCUT2D eigenvalue weighted by Gasteiger charge is -2.13. The number of nitrogens with zero attached hydrogens (tertiary/aromatic N) is 3. The number of imidazole rings is 1. The summed E-state index contributed by atoms with van der Waals surface area (Å²) in [5, 5.41) is 13.6. The maximum absolute atomic E-state index is 10.1. The van der Waals surface area contributed by atoms with Crippen molar-refractivity contribution in [3.05, 3.63) is 36.8 Å². The van der Waals surface area contributed by atoms with Crippen molar-refractivity contribution in [3.8, 4) is 22.8 Å². The monoisotopic (exact) mass is 340 g/mol. The molecule has 1 aliphatic rings. The molecule has 2 N–H and O–H groups in total. The van der Waals surface area contributed by atoms with E-state index in [1.165, 1.54) is 7.11 Å². The summed E-state index contributed by atoms with van der Waals surface area (Å²) in [6.45, 7) is 1.54. The first kappa shape index (κ1) is 15.7. The zero-order valence-corrected chi connectivity index (χ0v) is 14.0. The molecule has 3 heterocycles. The highest BCUT2D eigenvalue weighted by Crippen LogP contribution is 2.34. The fourth-order valence-electron chi connectivity index (χ4n) is 3.13. The van der Waals surface area contributed by atoms with Crippen LogP contribution in [0.4, 0.5) is 5.82 Å². The molecule has 0 aliphatic carbocycles. The van der Waals surface area contributed by atoms with E-state index in [4.69, 9.17) is 9.47 Å². The summed E-state index contributed by atoms with van der Waals surface area (Å²) in [4.78, 5) is 8.81. The number of rotatable bonds is 5. The number of aromatic nitrogens is 3. The maximum atomic E-state index is 10.1. The van der Waals surface area contributed by atoms with E-state index >= 15 is 0 Å². The van der Waals surface area contributed by atoms with Crippen LogP contribution in [-0.2, 0) is 4.74 Å². The average Bonchev–Trinajstić information content (AvgIpc) is 3.27. The summed E-state index contributed by atoms with van der Waals surface area (Å²) in [5.74, 6) is 1.38. The molecular weight excluding hydrogens is 320 g/mol. The number of anilines is 1. The van der Waals surface area contributed by atoms with E-state index in [1.807, 2.05) is 16.7 Å². The maximum Gasteiger partial charge on any atom is 0.160 e. The van der Waals surface area contributed by atoms with Crippen LogP contribution in [0.15, 0.2) is 36.8 Å². The quantitative estimate of drug-likeness (QED) is 0.743. The summed E-state index contributed by atoms with van der Waals surface area (Å²) in [6.07, 6.45) is 7.68. The number of aromatic hydroxyl groups is 1. The number of phenols is 1. The Kier molecular flexibility index (Phi) is 4.15. The molecule has 1 atom stereocenters. The molecule has 1 saturated heterocycles. The van der Waals surface area contributed by atoms with Crippen molar-refractivity contribution in [1.29, 1.82) is 0 Å². The predicted octanol–water partition coefficient (Wildman–Crippen LogP) is 2.70. The van der Waals surface area contributed by atoms with Gasteiger partial charge in [-0.25, -0.2) is 4.98 Å². The number of benzene rings is 1. The second-order valence-electron chi connectivity index (χ2n) is 6.02. The van der Waals surface area contributed by atoms with Crippen molar-refractivity contribution in [1.82, 2.24) is 14.4 Å². The molecule has 7 heteroatoms. The van der Waals surface area contributed by atoms with Gasteiger partial charge in [-0.15, -0.1) is 0 Å². The second-order valence-corrected chi connectivity index (χ2v) is 6.02. The van der Waals surface area contributed by atoms with Gasteiger partial charge < -0.3 is 19.9 Å². The summed E-state index contributed by atoms with van der Waals surface area (Å²) in [6, 6.07) is 5.27. The van der Waals surface area contributed by atoms with Gasteiger partial charge in [-0.05, 0) is 31.0 Å². The van der Waals surface area contributed by atoms with Gasteiger partial charge in [-0.2, -0.15) is 0 Å². The van der Waals surface area contributed by atoms with E-state index in [2.05, 4.69) is 15.3 Å². The molecule has 130 valence electrons. The highest BCUT2D eigenvalue weighted by Gasteiger charge is 2.19. The minimum absolute atomic E-state index is 0.0836. The van der Waals surface area contributed by atoms with Crippen LogP contribution in [-0.4, -0.2) is 45.8 Å². The van der Waals surface area contributed by atoms with E-state index < -0.39 is 0 Å². The van der Waals surface area contributed by atoms with Gasteiger partial charge in [-0.3, -0.25) is 9.38 Å². The number of ether oxygens (including phenoxy) is 2. The number of phenolic OH excluding ortho intramolecular Hbond substituents is 1. The predicted molar refractivity (Wildman–Crippen MR) is 94.1 cm³/mol. The average molecular weight is 340 g/mol. The summed E-state index contributed by atoms with van der Waals surface area (Å²) in [5.41, 5.74) is 2.29. The van der Waals surface area contributed by atoms with Crippen molar-refractivity contribution in [2.75, 3.05) is 25.6 Å². The lowest BCUT2D eigenvalue weighted by Crippen LogP contribution is -2.19. The molecule has 25 heavy (non-hydrogen) atoms. The molecule has 1 fully saturated rings. The van der Waals surface area contributed by atoms with E-state index in [9.17, 15) is 5.11 Å².